The fourth-order valence-corrected chi connectivity index (χ4v) is 2.28. The predicted octanol–water partition coefficient (Wildman–Crippen LogP) is 2.24. The van der Waals surface area contributed by atoms with Gasteiger partial charge in [0, 0.05) is 6.92 Å². The van der Waals surface area contributed by atoms with E-state index in [4.69, 9.17) is 18.6 Å². The maximum atomic E-state index is 11.1. The van der Waals surface area contributed by atoms with Gasteiger partial charge in [-0.2, -0.15) is 0 Å². The molecule has 2 rings (SSSR count). The minimum atomic E-state index is -4.38. The molecule has 0 saturated carbocycles. The van der Waals surface area contributed by atoms with Crippen molar-refractivity contribution in [3.8, 4) is 11.5 Å². The summed E-state index contributed by atoms with van der Waals surface area (Å²) in [5.41, 5.74) is 0.367. The van der Waals surface area contributed by atoms with Gasteiger partial charge in [-0.05, 0) is 24.5 Å². The average molecular weight is 285 g/mol. The summed E-state index contributed by atoms with van der Waals surface area (Å²) in [6, 6.07) is 2.74. The molecular formula is C12H16NO5P. The van der Waals surface area contributed by atoms with Crippen molar-refractivity contribution in [2.45, 2.75) is 27.2 Å². The van der Waals surface area contributed by atoms with Crippen LogP contribution in [-0.4, -0.2) is 14.8 Å². The minimum absolute atomic E-state index is 0.287. The summed E-state index contributed by atoms with van der Waals surface area (Å²) in [6.07, 6.45) is 0.707. The van der Waals surface area contributed by atoms with E-state index < -0.39 is 7.60 Å². The second kappa shape index (κ2) is 4.96. The van der Waals surface area contributed by atoms with Crippen LogP contribution in [0.3, 0.4) is 0 Å². The Balaban J connectivity index is 2.41. The Labute approximate surface area is 110 Å². The third kappa shape index (κ3) is 3.15. The van der Waals surface area contributed by atoms with Crippen molar-refractivity contribution in [2.24, 2.45) is 5.92 Å². The molecule has 0 amide bonds. The molecule has 7 heteroatoms. The zero-order valence-electron chi connectivity index (χ0n) is 11.0. The lowest BCUT2D eigenvalue weighted by atomic mass is 10.1. The lowest BCUT2D eigenvalue weighted by molar-refractivity contribution is 0.376. The summed E-state index contributed by atoms with van der Waals surface area (Å²) in [4.78, 5) is 22.4. The molecule has 0 atom stereocenters. The maximum absolute atomic E-state index is 11.1. The molecule has 0 saturated heterocycles. The van der Waals surface area contributed by atoms with Gasteiger partial charge < -0.3 is 18.6 Å². The third-order valence-electron chi connectivity index (χ3n) is 2.51. The van der Waals surface area contributed by atoms with E-state index in [0.717, 1.165) is 5.69 Å². The minimum Gasteiger partial charge on any atom is -0.445 e. The van der Waals surface area contributed by atoms with Gasteiger partial charge in [-0.3, -0.25) is 4.57 Å². The van der Waals surface area contributed by atoms with Crippen molar-refractivity contribution < 1.29 is 23.2 Å². The van der Waals surface area contributed by atoms with E-state index in [9.17, 15) is 4.57 Å². The van der Waals surface area contributed by atoms with Gasteiger partial charge in [0.05, 0.1) is 5.69 Å². The molecule has 0 bridgehead atoms. The maximum Gasteiger partial charge on any atom is 0.391 e. The van der Waals surface area contributed by atoms with Crippen molar-refractivity contribution in [3.05, 3.63) is 23.7 Å². The molecular weight excluding hydrogens is 269 g/mol. The van der Waals surface area contributed by atoms with Crippen molar-refractivity contribution >= 4 is 13.1 Å². The molecule has 0 radical (unpaired) electrons. The van der Waals surface area contributed by atoms with E-state index in [2.05, 4.69) is 18.8 Å². The van der Waals surface area contributed by atoms with Crippen LogP contribution >= 0.6 is 7.60 Å². The number of hydrogen-bond acceptors (Lipinski definition) is 4. The van der Waals surface area contributed by atoms with Crippen molar-refractivity contribution in [1.29, 1.82) is 0 Å². The van der Waals surface area contributed by atoms with Crippen LogP contribution in [0.1, 0.15) is 25.4 Å². The Morgan fingerprint density at radius 3 is 2.53 bits per heavy atom. The molecule has 2 aromatic heterocycles. The molecule has 0 aromatic carbocycles. The Morgan fingerprint density at radius 1 is 1.32 bits per heavy atom. The summed E-state index contributed by atoms with van der Waals surface area (Å²) in [5.74, 6) is 1.61. The highest BCUT2D eigenvalue weighted by Crippen LogP contribution is 2.36. The smallest absolute Gasteiger partial charge is 0.391 e. The highest BCUT2D eigenvalue weighted by Gasteiger charge is 2.25. The van der Waals surface area contributed by atoms with Crippen LogP contribution in [-0.2, 0) is 11.0 Å². The van der Waals surface area contributed by atoms with Crippen LogP contribution in [0.2, 0.25) is 0 Å². The van der Waals surface area contributed by atoms with E-state index >= 15 is 0 Å². The third-order valence-corrected chi connectivity index (χ3v) is 3.32. The quantitative estimate of drug-likeness (QED) is 0.836. The number of aromatic nitrogens is 1. The fourth-order valence-electron chi connectivity index (χ4n) is 1.79. The first-order chi connectivity index (χ1) is 8.77. The largest absolute Gasteiger partial charge is 0.445 e. The molecule has 0 aliphatic carbocycles. The highest BCUT2D eigenvalue weighted by molar-refractivity contribution is 7.59. The van der Waals surface area contributed by atoms with Crippen LogP contribution in [0.25, 0.3) is 11.5 Å². The van der Waals surface area contributed by atoms with E-state index in [-0.39, 0.29) is 11.3 Å². The molecule has 0 unspecified atom stereocenters. The normalized spacial score (nSPS) is 12.3. The van der Waals surface area contributed by atoms with E-state index in [0.29, 0.717) is 24.0 Å². The topological polar surface area (TPSA) is 96.7 Å². The van der Waals surface area contributed by atoms with E-state index in [1.165, 1.54) is 12.1 Å². The number of hydrogen-bond donors (Lipinski definition) is 2. The molecule has 0 spiro atoms. The zero-order chi connectivity index (χ0) is 14.2. The van der Waals surface area contributed by atoms with Gasteiger partial charge in [-0.15, -0.1) is 0 Å². The Morgan fingerprint density at radius 2 is 2.00 bits per heavy atom. The Kier molecular flexibility index (Phi) is 3.67. The van der Waals surface area contributed by atoms with Crippen LogP contribution in [0.15, 0.2) is 21.0 Å². The van der Waals surface area contributed by atoms with E-state index in [1.807, 2.05) is 0 Å². The molecule has 0 aliphatic heterocycles. The van der Waals surface area contributed by atoms with Crippen LogP contribution in [0.4, 0.5) is 0 Å². The van der Waals surface area contributed by atoms with Gasteiger partial charge >= 0.3 is 7.60 Å². The first-order valence-corrected chi connectivity index (χ1v) is 7.51. The molecule has 2 aromatic rings. The van der Waals surface area contributed by atoms with Crippen molar-refractivity contribution in [3.63, 3.8) is 0 Å². The molecule has 0 aliphatic rings. The van der Waals surface area contributed by atoms with Crippen molar-refractivity contribution in [2.75, 3.05) is 0 Å². The SMILES string of the molecule is Cc1nc(CC(C)C)c(-c2ccc(P(=O)(O)O)o2)o1. The van der Waals surface area contributed by atoms with Gasteiger partial charge in [0.15, 0.2) is 17.4 Å². The summed E-state index contributed by atoms with van der Waals surface area (Å²) >= 11 is 0. The lowest BCUT2D eigenvalue weighted by Gasteiger charge is -2.02. The summed E-state index contributed by atoms with van der Waals surface area (Å²) in [6.45, 7) is 5.83. The molecule has 6 nitrogen and oxygen atoms in total. The summed E-state index contributed by atoms with van der Waals surface area (Å²) in [5, 5.41) is 0. The van der Waals surface area contributed by atoms with Gasteiger partial charge in [-0.1, -0.05) is 13.8 Å². The van der Waals surface area contributed by atoms with Crippen LogP contribution in [0.5, 0.6) is 0 Å². The molecule has 104 valence electrons. The van der Waals surface area contributed by atoms with Gasteiger partial charge in [0.2, 0.25) is 5.50 Å². The van der Waals surface area contributed by atoms with Gasteiger partial charge in [0.25, 0.3) is 0 Å². The molecule has 19 heavy (non-hydrogen) atoms. The standard InChI is InChI=1S/C12H16NO5P/c1-7(2)6-9-12(17-8(3)13-9)10-4-5-11(18-10)19(14,15)16/h4-5,7H,6H2,1-3H3,(H2,14,15,16). The molecule has 0 fully saturated rings. The second-order valence-electron chi connectivity index (χ2n) is 4.79. The average Bonchev–Trinajstić information content (AvgIpc) is 2.82. The highest BCUT2D eigenvalue weighted by atomic mass is 31.2. The number of aryl methyl sites for hydroxylation is 1. The molecule has 2 heterocycles. The first-order valence-electron chi connectivity index (χ1n) is 5.90. The number of rotatable bonds is 4. The predicted molar refractivity (Wildman–Crippen MR) is 69.2 cm³/mol. The van der Waals surface area contributed by atoms with Gasteiger partial charge in [0.1, 0.15) is 0 Å². The number of furan rings is 1. The second-order valence-corrected chi connectivity index (χ2v) is 6.32. The van der Waals surface area contributed by atoms with Crippen LogP contribution < -0.4 is 5.50 Å². The molecule has 2 N–H and O–H groups in total. The Bertz CT molecular complexity index is 622. The number of nitrogens with zero attached hydrogens (tertiary/aromatic N) is 1. The number of oxazole rings is 1. The van der Waals surface area contributed by atoms with Gasteiger partial charge in [-0.25, -0.2) is 4.98 Å². The van der Waals surface area contributed by atoms with E-state index in [1.54, 1.807) is 6.92 Å². The first kappa shape index (κ1) is 14.1. The van der Waals surface area contributed by atoms with Crippen molar-refractivity contribution in [1.82, 2.24) is 4.98 Å². The van der Waals surface area contributed by atoms with Crippen LogP contribution in [0, 0.1) is 12.8 Å². The fraction of sp³-hybridized carbons (Fsp3) is 0.417. The monoisotopic (exact) mass is 285 g/mol. The summed E-state index contributed by atoms with van der Waals surface area (Å²) in [7, 11) is -4.38. The lowest BCUT2D eigenvalue weighted by Crippen LogP contribution is -1.99. The summed E-state index contributed by atoms with van der Waals surface area (Å²) < 4.78 is 21.7. The Hall–Kier alpha value is -1.36. The zero-order valence-corrected chi connectivity index (χ0v) is 11.8.